The van der Waals surface area contributed by atoms with Crippen molar-refractivity contribution in [3.05, 3.63) is 48.3 Å². The standard InChI is InChI=1S/C12H13NO/c13-10-6-8-12(9-7-10)14-11-4-2-1-3-5-11/h1-2,4,6-9H,3,5,13H2. The predicted octanol–water partition coefficient (Wildman–Crippen LogP) is 2.88. The second kappa shape index (κ2) is 4.01. The summed E-state index contributed by atoms with van der Waals surface area (Å²) >= 11 is 0. The van der Waals surface area contributed by atoms with Crippen molar-refractivity contribution in [2.75, 3.05) is 5.73 Å². The predicted molar refractivity (Wildman–Crippen MR) is 57.9 cm³/mol. The average molecular weight is 187 g/mol. The molecular formula is C12H13NO. The Morgan fingerprint density at radius 2 is 1.93 bits per heavy atom. The summed E-state index contributed by atoms with van der Waals surface area (Å²) in [6.45, 7) is 0. The Hall–Kier alpha value is -1.70. The van der Waals surface area contributed by atoms with Gasteiger partial charge in [-0.1, -0.05) is 12.2 Å². The molecule has 2 heteroatoms. The van der Waals surface area contributed by atoms with Crippen molar-refractivity contribution in [1.29, 1.82) is 0 Å². The van der Waals surface area contributed by atoms with E-state index >= 15 is 0 Å². The number of rotatable bonds is 2. The number of hydrogen-bond donors (Lipinski definition) is 1. The van der Waals surface area contributed by atoms with Gasteiger partial charge in [-0.15, -0.1) is 0 Å². The molecule has 1 aliphatic carbocycles. The molecule has 0 bridgehead atoms. The fourth-order valence-corrected chi connectivity index (χ4v) is 1.35. The lowest BCUT2D eigenvalue weighted by molar-refractivity contribution is 0.403. The third kappa shape index (κ3) is 2.16. The highest BCUT2D eigenvalue weighted by atomic mass is 16.5. The van der Waals surface area contributed by atoms with Crippen molar-refractivity contribution in [2.45, 2.75) is 12.8 Å². The zero-order valence-corrected chi connectivity index (χ0v) is 7.94. The van der Waals surface area contributed by atoms with E-state index in [1.165, 1.54) is 0 Å². The monoisotopic (exact) mass is 187 g/mol. The molecule has 2 rings (SSSR count). The van der Waals surface area contributed by atoms with Crippen LogP contribution in [0.15, 0.2) is 48.3 Å². The molecule has 0 saturated carbocycles. The summed E-state index contributed by atoms with van der Waals surface area (Å²) in [7, 11) is 0. The topological polar surface area (TPSA) is 35.2 Å². The number of hydrogen-bond acceptors (Lipinski definition) is 2. The van der Waals surface area contributed by atoms with Crippen LogP contribution in [0.25, 0.3) is 0 Å². The second-order valence-corrected chi connectivity index (χ2v) is 3.27. The summed E-state index contributed by atoms with van der Waals surface area (Å²) in [5.41, 5.74) is 6.34. The molecule has 2 N–H and O–H groups in total. The van der Waals surface area contributed by atoms with E-state index in [9.17, 15) is 0 Å². The minimum atomic E-state index is 0.759. The van der Waals surface area contributed by atoms with E-state index in [2.05, 4.69) is 6.08 Å². The first kappa shape index (κ1) is 8.88. The largest absolute Gasteiger partial charge is 0.462 e. The highest BCUT2D eigenvalue weighted by Crippen LogP contribution is 2.20. The summed E-state index contributed by atoms with van der Waals surface area (Å²) < 4.78 is 5.66. The molecule has 0 aliphatic heterocycles. The first-order valence-corrected chi connectivity index (χ1v) is 4.74. The van der Waals surface area contributed by atoms with E-state index in [1.54, 1.807) is 0 Å². The molecule has 0 unspecified atom stereocenters. The van der Waals surface area contributed by atoms with E-state index in [4.69, 9.17) is 10.5 Å². The van der Waals surface area contributed by atoms with E-state index < -0.39 is 0 Å². The summed E-state index contributed by atoms with van der Waals surface area (Å²) in [5.74, 6) is 1.86. The Morgan fingerprint density at radius 1 is 1.14 bits per heavy atom. The van der Waals surface area contributed by atoms with Crippen LogP contribution < -0.4 is 10.5 Å². The van der Waals surface area contributed by atoms with Crippen molar-refractivity contribution >= 4 is 5.69 Å². The third-order valence-electron chi connectivity index (χ3n) is 2.10. The van der Waals surface area contributed by atoms with Crippen LogP contribution in [0.5, 0.6) is 5.75 Å². The Balaban J connectivity index is 2.07. The number of nitrogens with two attached hydrogens (primary N) is 1. The molecule has 1 aromatic rings. The molecule has 14 heavy (non-hydrogen) atoms. The van der Waals surface area contributed by atoms with Crippen LogP contribution in [0.1, 0.15) is 12.8 Å². The Labute approximate surface area is 83.7 Å². The number of anilines is 1. The summed E-state index contributed by atoms with van der Waals surface area (Å²) in [6, 6.07) is 7.45. The van der Waals surface area contributed by atoms with Crippen LogP contribution in [0.4, 0.5) is 5.69 Å². The normalized spacial score (nSPS) is 15.0. The molecule has 0 radical (unpaired) electrons. The maximum Gasteiger partial charge on any atom is 0.127 e. The van der Waals surface area contributed by atoms with Gasteiger partial charge in [0.1, 0.15) is 11.5 Å². The molecule has 0 heterocycles. The fourth-order valence-electron chi connectivity index (χ4n) is 1.35. The zero-order valence-electron chi connectivity index (χ0n) is 7.94. The van der Waals surface area contributed by atoms with Gasteiger partial charge in [0.15, 0.2) is 0 Å². The molecule has 0 spiro atoms. The molecule has 0 atom stereocenters. The van der Waals surface area contributed by atoms with E-state index in [0.717, 1.165) is 30.0 Å². The summed E-state index contributed by atoms with van der Waals surface area (Å²) in [4.78, 5) is 0. The van der Waals surface area contributed by atoms with Gasteiger partial charge in [-0.05, 0) is 36.8 Å². The Morgan fingerprint density at radius 3 is 2.57 bits per heavy atom. The highest BCUT2D eigenvalue weighted by molar-refractivity contribution is 5.42. The van der Waals surface area contributed by atoms with Gasteiger partial charge in [-0.2, -0.15) is 0 Å². The van der Waals surface area contributed by atoms with Crippen LogP contribution in [0, 0.1) is 0 Å². The molecule has 2 nitrogen and oxygen atoms in total. The Kier molecular flexibility index (Phi) is 2.54. The first-order valence-electron chi connectivity index (χ1n) is 4.74. The van der Waals surface area contributed by atoms with Gasteiger partial charge in [-0.3, -0.25) is 0 Å². The SMILES string of the molecule is Nc1ccc(OC2=CC=CCC2)cc1. The number of benzene rings is 1. The number of allylic oxidation sites excluding steroid dienone is 4. The van der Waals surface area contributed by atoms with Gasteiger partial charge in [0.25, 0.3) is 0 Å². The molecule has 0 aromatic heterocycles. The quantitative estimate of drug-likeness (QED) is 0.722. The molecule has 0 saturated heterocycles. The van der Waals surface area contributed by atoms with Gasteiger partial charge in [-0.25, -0.2) is 0 Å². The molecule has 1 aliphatic rings. The molecule has 0 amide bonds. The van der Waals surface area contributed by atoms with Crippen molar-refractivity contribution < 1.29 is 4.74 Å². The first-order chi connectivity index (χ1) is 6.84. The number of nitrogen functional groups attached to an aromatic ring is 1. The maximum atomic E-state index is 5.66. The lowest BCUT2D eigenvalue weighted by atomic mass is 10.2. The molecular weight excluding hydrogens is 174 g/mol. The van der Waals surface area contributed by atoms with Crippen LogP contribution >= 0.6 is 0 Å². The van der Waals surface area contributed by atoms with Crippen molar-refractivity contribution in [3.63, 3.8) is 0 Å². The van der Waals surface area contributed by atoms with Crippen molar-refractivity contribution in [1.82, 2.24) is 0 Å². The van der Waals surface area contributed by atoms with Crippen LogP contribution in [0.2, 0.25) is 0 Å². The van der Waals surface area contributed by atoms with Crippen molar-refractivity contribution in [2.24, 2.45) is 0 Å². The van der Waals surface area contributed by atoms with Crippen LogP contribution in [-0.2, 0) is 0 Å². The molecule has 72 valence electrons. The lowest BCUT2D eigenvalue weighted by Gasteiger charge is -2.10. The van der Waals surface area contributed by atoms with Crippen molar-refractivity contribution in [3.8, 4) is 5.75 Å². The van der Waals surface area contributed by atoms with Crippen LogP contribution in [0.3, 0.4) is 0 Å². The average Bonchev–Trinajstić information content (AvgIpc) is 2.23. The summed E-state index contributed by atoms with van der Waals surface area (Å²) in [5, 5.41) is 0. The van der Waals surface area contributed by atoms with Gasteiger partial charge in [0.2, 0.25) is 0 Å². The Bertz CT molecular complexity index is 362. The lowest BCUT2D eigenvalue weighted by Crippen LogP contribution is -1.97. The van der Waals surface area contributed by atoms with Crippen LogP contribution in [-0.4, -0.2) is 0 Å². The fraction of sp³-hybridized carbons (Fsp3) is 0.167. The smallest absolute Gasteiger partial charge is 0.127 e. The highest BCUT2D eigenvalue weighted by Gasteiger charge is 2.01. The molecule has 1 aromatic carbocycles. The minimum Gasteiger partial charge on any atom is -0.462 e. The van der Waals surface area contributed by atoms with Gasteiger partial charge in [0, 0.05) is 12.1 Å². The minimum absolute atomic E-state index is 0.759. The van der Waals surface area contributed by atoms with Gasteiger partial charge < -0.3 is 10.5 Å². The van der Waals surface area contributed by atoms with Gasteiger partial charge >= 0.3 is 0 Å². The van der Waals surface area contributed by atoms with E-state index in [0.29, 0.717) is 0 Å². The zero-order chi connectivity index (χ0) is 9.80. The van der Waals surface area contributed by atoms with E-state index in [1.807, 2.05) is 36.4 Å². The van der Waals surface area contributed by atoms with E-state index in [-0.39, 0.29) is 0 Å². The third-order valence-corrected chi connectivity index (χ3v) is 2.10. The van der Waals surface area contributed by atoms with Gasteiger partial charge in [0.05, 0.1) is 0 Å². The number of ether oxygens (including phenoxy) is 1. The molecule has 0 fully saturated rings. The summed E-state index contributed by atoms with van der Waals surface area (Å²) in [6.07, 6.45) is 8.19. The second-order valence-electron chi connectivity index (χ2n) is 3.27. The maximum absolute atomic E-state index is 5.66.